The van der Waals surface area contributed by atoms with Crippen molar-refractivity contribution in [3.8, 4) is 17.2 Å². The van der Waals surface area contributed by atoms with E-state index in [1.807, 2.05) is 13.0 Å². The minimum Gasteiger partial charge on any atom is -0.508 e. The third-order valence-corrected chi connectivity index (χ3v) is 5.06. The molecule has 8 nitrogen and oxygen atoms in total. The molecule has 8 heteroatoms. The van der Waals surface area contributed by atoms with E-state index < -0.39 is 0 Å². The Labute approximate surface area is 175 Å². The second-order valence-electron chi connectivity index (χ2n) is 7.09. The van der Waals surface area contributed by atoms with Crippen LogP contribution in [0.5, 0.6) is 17.2 Å². The lowest BCUT2D eigenvalue weighted by molar-refractivity contribution is -0.105. The Balaban J connectivity index is 1.97. The van der Waals surface area contributed by atoms with Gasteiger partial charge >= 0.3 is 0 Å². The van der Waals surface area contributed by atoms with E-state index in [-0.39, 0.29) is 52.9 Å². The molecule has 30 heavy (non-hydrogen) atoms. The third kappa shape index (κ3) is 4.34. The number of aromatic hydroxyl groups is 3. The minimum atomic E-state index is -0.368. The Hall–Kier alpha value is -3.23. The van der Waals surface area contributed by atoms with E-state index in [1.165, 1.54) is 23.1 Å². The lowest BCUT2D eigenvalue weighted by atomic mass is 10.1. The largest absolute Gasteiger partial charge is 0.508 e. The van der Waals surface area contributed by atoms with Crippen molar-refractivity contribution in [3.05, 3.63) is 47.5 Å². The quantitative estimate of drug-likeness (QED) is 0.236. The molecule has 0 saturated carbocycles. The normalized spacial score (nSPS) is 13.7. The van der Waals surface area contributed by atoms with E-state index in [0.29, 0.717) is 18.5 Å². The number of amides is 1. The predicted molar refractivity (Wildman–Crippen MR) is 114 cm³/mol. The lowest BCUT2D eigenvalue weighted by Crippen LogP contribution is -2.30. The van der Waals surface area contributed by atoms with Crippen LogP contribution in [0, 0.1) is 0 Å². The van der Waals surface area contributed by atoms with Crippen LogP contribution in [0.2, 0.25) is 0 Å². The lowest BCUT2D eigenvalue weighted by Gasteiger charge is -2.22. The maximum absolute atomic E-state index is 13.3. The van der Waals surface area contributed by atoms with Crippen LogP contribution >= 0.6 is 0 Å². The average Bonchev–Trinajstić information content (AvgIpc) is 2.83. The third-order valence-electron chi connectivity index (χ3n) is 5.06. The van der Waals surface area contributed by atoms with Gasteiger partial charge < -0.3 is 35.0 Å². The first-order chi connectivity index (χ1) is 14.3. The molecule has 0 fully saturated rings. The van der Waals surface area contributed by atoms with Crippen LogP contribution in [0.4, 0.5) is 17.1 Å². The number of methoxy groups -OCH3 is 2. The zero-order valence-corrected chi connectivity index (χ0v) is 17.2. The predicted octanol–water partition coefficient (Wildman–Crippen LogP) is 3.85. The Bertz CT molecular complexity index is 968. The van der Waals surface area contributed by atoms with Crippen molar-refractivity contribution in [2.45, 2.75) is 26.1 Å². The number of anilines is 3. The van der Waals surface area contributed by atoms with Crippen molar-refractivity contribution >= 4 is 23.0 Å². The van der Waals surface area contributed by atoms with Crippen LogP contribution in [0.15, 0.2) is 42.0 Å². The fourth-order valence-corrected chi connectivity index (χ4v) is 3.38. The molecule has 1 amide bonds. The number of hydrogen-bond acceptors (Lipinski definition) is 7. The highest BCUT2D eigenvalue weighted by atomic mass is 16.7. The highest BCUT2D eigenvalue weighted by Crippen LogP contribution is 2.45. The molecule has 4 N–H and O–H groups in total. The first-order valence-corrected chi connectivity index (χ1v) is 9.53. The smallest absolute Gasteiger partial charge is 0.260 e. The number of nitrogens with one attached hydrogen (secondary N) is 1. The van der Waals surface area contributed by atoms with E-state index in [2.05, 4.69) is 5.32 Å². The second-order valence-corrected chi connectivity index (χ2v) is 7.09. The number of fused-ring (bicyclic) bond motifs is 2. The van der Waals surface area contributed by atoms with Gasteiger partial charge in [0, 0.05) is 39.3 Å². The van der Waals surface area contributed by atoms with Gasteiger partial charge in [0.05, 0.1) is 16.9 Å². The van der Waals surface area contributed by atoms with Gasteiger partial charge in [0.2, 0.25) is 0 Å². The molecule has 0 atom stereocenters. The van der Waals surface area contributed by atoms with Gasteiger partial charge in [0.25, 0.3) is 5.91 Å². The molecule has 0 aromatic heterocycles. The van der Waals surface area contributed by atoms with Crippen LogP contribution in [-0.2, 0) is 9.47 Å². The van der Waals surface area contributed by atoms with E-state index in [0.717, 1.165) is 5.57 Å². The van der Waals surface area contributed by atoms with Gasteiger partial charge in [-0.1, -0.05) is 17.7 Å². The topological polar surface area (TPSA) is 111 Å². The molecule has 3 rings (SSSR count). The monoisotopic (exact) mass is 414 g/mol. The summed E-state index contributed by atoms with van der Waals surface area (Å²) in [4.78, 5) is 14.7. The van der Waals surface area contributed by atoms with Crippen molar-refractivity contribution in [3.63, 3.8) is 0 Å². The molecule has 1 aliphatic rings. The number of benzene rings is 2. The number of phenolic OH excluding ortho intramolecular Hbond substituents is 3. The molecule has 0 spiro atoms. The summed E-state index contributed by atoms with van der Waals surface area (Å²) in [5.74, 6) is -0.890. The number of carbonyl (C=O) groups is 1. The standard InChI is InChI=1S/C22H26N2O6/c1-13(7-8-19(29-2)30-3)9-10-24-16-11-14(25)12-18(27)21(16)23-20-15(22(24)28)5-4-6-17(20)26/h4-6,9,11-12,19,23,25-27H,7-8,10H2,1-3H3. The molecule has 2 aromatic rings. The van der Waals surface area contributed by atoms with Gasteiger partial charge in [-0.15, -0.1) is 0 Å². The zero-order valence-electron chi connectivity index (χ0n) is 17.2. The molecular formula is C22H26N2O6. The summed E-state index contributed by atoms with van der Waals surface area (Å²) < 4.78 is 10.4. The number of ether oxygens (including phenoxy) is 2. The summed E-state index contributed by atoms with van der Waals surface area (Å²) >= 11 is 0. The number of allylic oxidation sites excluding steroid dienone is 1. The van der Waals surface area contributed by atoms with E-state index in [4.69, 9.17) is 9.47 Å². The van der Waals surface area contributed by atoms with Gasteiger partial charge in [0.1, 0.15) is 22.9 Å². The first kappa shape index (κ1) is 21.5. The second kappa shape index (κ2) is 9.06. The Morgan fingerprint density at radius 3 is 2.57 bits per heavy atom. The molecule has 160 valence electrons. The Morgan fingerprint density at radius 2 is 1.87 bits per heavy atom. The van der Waals surface area contributed by atoms with Crippen molar-refractivity contribution in [1.82, 2.24) is 0 Å². The van der Waals surface area contributed by atoms with Crippen LogP contribution in [0.3, 0.4) is 0 Å². The zero-order chi connectivity index (χ0) is 21.8. The number of para-hydroxylation sites is 1. The average molecular weight is 414 g/mol. The highest BCUT2D eigenvalue weighted by molar-refractivity contribution is 6.15. The fraction of sp³-hybridized carbons (Fsp3) is 0.318. The molecule has 1 heterocycles. The number of nitrogens with zero attached hydrogens (tertiary/aromatic N) is 1. The Kier molecular flexibility index (Phi) is 6.49. The highest BCUT2D eigenvalue weighted by Gasteiger charge is 2.29. The minimum absolute atomic E-state index is 0.113. The van der Waals surface area contributed by atoms with E-state index in [9.17, 15) is 20.1 Å². The van der Waals surface area contributed by atoms with Gasteiger partial charge in [-0.2, -0.15) is 0 Å². The molecule has 0 saturated heterocycles. The van der Waals surface area contributed by atoms with Gasteiger partial charge in [-0.05, 0) is 25.5 Å². The molecule has 1 aliphatic heterocycles. The van der Waals surface area contributed by atoms with Crippen LogP contribution < -0.4 is 10.2 Å². The molecule has 0 radical (unpaired) electrons. The number of rotatable bonds is 7. The SMILES string of the molecule is COC(CCC(C)=CCN1C(=O)c2cccc(O)c2Nc2c(O)cc(O)cc21)OC. The van der Waals surface area contributed by atoms with Crippen molar-refractivity contribution in [2.24, 2.45) is 0 Å². The molecule has 0 bridgehead atoms. The number of hydrogen-bond donors (Lipinski definition) is 4. The molecule has 2 aromatic carbocycles. The summed E-state index contributed by atoms with van der Waals surface area (Å²) in [5, 5.41) is 33.6. The molecular weight excluding hydrogens is 388 g/mol. The summed E-state index contributed by atoms with van der Waals surface area (Å²) in [6.45, 7) is 2.16. The van der Waals surface area contributed by atoms with Crippen LogP contribution in [0.1, 0.15) is 30.1 Å². The fourth-order valence-electron chi connectivity index (χ4n) is 3.38. The molecule has 0 aliphatic carbocycles. The first-order valence-electron chi connectivity index (χ1n) is 9.53. The summed E-state index contributed by atoms with van der Waals surface area (Å²) in [6, 6.07) is 7.21. The summed E-state index contributed by atoms with van der Waals surface area (Å²) in [7, 11) is 3.16. The van der Waals surface area contributed by atoms with Crippen LogP contribution in [-0.4, -0.2) is 48.3 Å². The Morgan fingerprint density at radius 1 is 1.13 bits per heavy atom. The van der Waals surface area contributed by atoms with Gasteiger partial charge in [-0.25, -0.2) is 0 Å². The van der Waals surface area contributed by atoms with Gasteiger partial charge in [0.15, 0.2) is 6.29 Å². The number of phenols is 3. The van der Waals surface area contributed by atoms with Crippen molar-refractivity contribution < 1.29 is 29.6 Å². The van der Waals surface area contributed by atoms with Crippen LogP contribution in [0.25, 0.3) is 0 Å². The van der Waals surface area contributed by atoms with Crippen molar-refractivity contribution in [1.29, 1.82) is 0 Å². The van der Waals surface area contributed by atoms with Gasteiger partial charge in [-0.3, -0.25) is 4.79 Å². The molecule has 0 unspecified atom stereocenters. The summed E-state index contributed by atoms with van der Waals surface area (Å²) in [6.07, 6.45) is 2.97. The number of carbonyl (C=O) groups excluding carboxylic acids is 1. The maximum Gasteiger partial charge on any atom is 0.260 e. The van der Waals surface area contributed by atoms with E-state index >= 15 is 0 Å². The van der Waals surface area contributed by atoms with E-state index in [1.54, 1.807) is 26.4 Å². The maximum atomic E-state index is 13.3. The van der Waals surface area contributed by atoms with Crippen molar-refractivity contribution in [2.75, 3.05) is 31.0 Å². The summed E-state index contributed by atoms with van der Waals surface area (Å²) in [5.41, 5.74) is 2.03.